The summed E-state index contributed by atoms with van der Waals surface area (Å²) >= 11 is 0. The topological polar surface area (TPSA) is 81.2 Å². The fraction of sp³-hybridized carbons (Fsp3) is 0.467. The maximum Gasteiger partial charge on any atom is 0.317 e. The summed E-state index contributed by atoms with van der Waals surface area (Å²) in [5.74, 6) is 0.968. The first kappa shape index (κ1) is 13.9. The van der Waals surface area contributed by atoms with Gasteiger partial charge >= 0.3 is 6.03 Å². The predicted molar refractivity (Wildman–Crippen MR) is 79.8 cm³/mol. The van der Waals surface area contributed by atoms with Crippen molar-refractivity contribution in [2.75, 3.05) is 19.7 Å². The van der Waals surface area contributed by atoms with Crippen LogP contribution in [0.15, 0.2) is 18.2 Å². The molecule has 0 radical (unpaired) electrons. The number of carbonyl (C=O) groups excluding carboxylic acids is 1. The number of hydrogen-bond acceptors (Lipinski definition) is 3. The van der Waals surface area contributed by atoms with Crippen LogP contribution in [0.1, 0.15) is 17.8 Å². The number of carbonyl (C=O) groups is 1. The number of rotatable bonds is 3. The standard InChI is InChI=1S/C15H20N4O2/c1-10-3-2-4-12-14(10)18-13(17-12)7-16-15(21)19-6-5-11(8-19)9-20/h2-4,11,20H,5-9H2,1H3,(H,16,21)(H,17,18). The van der Waals surface area contributed by atoms with Gasteiger partial charge in [0.1, 0.15) is 5.82 Å². The number of nitrogens with zero attached hydrogens (tertiary/aromatic N) is 2. The van der Waals surface area contributed by atoms with Gasteiger partial charge in [-0.1, -0.05) is 12.1 Å². The normalized spacial score (nSPS) is 18.4. The van der Waals surface area contributed by atoms with Crippen LogP contribution < -0.4 is 5.32 Å². The zero-order chi connectivity index (χ0) is 14.8. The molecule has 1 aliphatic rings. The van der Waals surface area contributed by atoms with Crippen molar-refractivity contribution in [1.82, 2.24) is 20.2 Å². The lowest BCUT2D eigenvalue weighted by Crippen LogP contribution is -2.38. The summed E-state index contributed by atoms with van der Waals surface area (Å²) in [5, 5.41) is 12.0. The van der Waals surface area contributed by atoms with Gasteiger partial charge in [-0.15, -0.1) is 0 Å². The maximum atomic E-state index is 12.1. The van der Waals surface area contributed by atoms with Gasteiger partial charge in [-0.05, 0) is 25.0 Å². The van der Waals surface area contributed by atoms with Crippen molar-refractivity contribution < 1.29 is 9.90 Å². The van der Waals surface area contributed by atoms with E-state index in [9.17, 15) is 4.79 Å². The molecule has 0 aliphatic carbocycles. The fourth-order valence-electron chi connectivity index (χ4n) is 2.75. The van der Waals surface area contributed by atoms with Gasteiger partial charge in [0.25, 0.3) is 0 Å². The highest BCUT2D eigenvalue weighted by atomic mass is 16.3. The number of aromatic nitrogens is 2. The molecule has 0 bridgehead atoms. The lowest BCUT2D eigenvalue weighted by Gasteiger charge is -2.16. The molecule has 1 aromatic carbocycles. The molecule has 21 heavy (non-hydrogen) atoms. The van der Waals surface area contributed by atoms with Crippen molar-refractivity contribution in [2.24, 2.45) is 5.92 Å². The van der Waals surface area contributed by atoms with Crippen molar-refractivity contribution in [3.63, 3.8) is 0 Å². The van der Waals surface area contributed by atoms with Crippen LogP contribution in [0.2, 0.25) is 0 Å². The Labute approximate surface area is 123 Å². The van der Waals surface area contributed by atoms with E-state index in [0.29, 0.717) is 19.6 Å². The molecule has 1 fully saturated rings. The van der Waals surface area contributed by atoms with E-state index in [4.69, 9.17) is 5.11 Å². The third kappa shape index (κ3) is 2.85. The van der Waals surface area contributed by atoms with E-state index in [2.05, 4.69) is 15.3 Å². The number of nitrogens with one attached hydrogen (secondary N) is 2. The number of hydrogen-bond donors (Lipinski definition) is 3. The molecule has 2 heterocycles. The molecule has 2 amide bonds. The van der Waals surface area contributed by atoms with E-state index in [1.807, 2.05) is 25.1 Å². The molecule has 1 atom stereocenters. The number of aromatic amines is 1. The second-order valence-electron chi connectivity index (χ2n) is 5.60. The second kappa shape index (κ2) is 5.73. The van der Waals surface area contributed by atoms with Crippen molar-refractivity contribution in [3.05, 3.63) is 29.6 Å². The third-order valence-electron chi connectivity index (χ3n) is 4.00. The van der Waals surface area contributed by atoms with Gasteiger partial charge in [-0.2, -0.15) is 0 Å². The SMILES string of the molecule is Cc1cccc2[nH]c(CNC(=O)N3CCC(CO)C3)nc12. The third-order valence-corrected chi connectivity index (χ3v) is 4.00. The highest BCUT2D eigenvalue weighted by Crippen LogP contribution is 2.16. The molecule has 1 unspecified atom stereocenters. The van der Waals surface area contributed by atoms with Crippen LogP contribution in [-0.2, 0) is 6.54 Å². The van der Waals surface area contributed by atoms with E-state index < -0.39 is 0 Å². The Morgan fingerprint density at radius 1 is 1.57 bits per heavy atom. The quantitative estimate of drug-likeness (QED) is 0.798. The Balaban J connectivity index is 1.61. The van der Waals surface area contributed by atoms with E-state index in [1.54, 1.807) is 4.90 Å². The van der Waals surface area contributed by atoms with Gasteiger partial charge in [0.05, 0.1) is 17.6 Å². The average molecular weight is 288 g/mol. The number of aliphatic hydroxyl groups excluding tert-OH is 1. The minimum atomic E-state index is -0.0943. The van der Waals surface area contributed by atoms with Crippen LogP contribution in [0, 0.1) is 12.8 Å². The first-order valence-electron chi connectivity index (χ1n) is 7.25. The lowest BCUT2D eigenvalue weighted by atomic mass is 10.1. The fourth-order valence-corrected chi connectivity index (χ4v) is 2.75. The Morgan fingerprint density at radius 3 is 3.14 bits per heavy atom. The number of imidazole rings is 1. The minimum Gasteiger partial charge on any atom is -0.396 e. The van der Waals surface area contributed by atoms with Crippen molar-refractivity contribution in [3.8, 4) is 0 Å². The highest BCUT2D eigenvalue weighted by Gasteiger charge is 2.25. The molecule has 1 saturated heterocycles. The summed E-state index contributed by atoms with van der Waals surface area (Å²) in [4.78, 5) is 21.5. The molecule has 3 rings (SSSR count). The number of benzene rings is 1. The molecule has 3 N–H and O–H groups in total. The minimum absolute atomic E-state index is 0.0943. The Bertz CT molecular complexity index is 652. The van der Waals surface area contributed by atoms with Crippen LogP contribution in [0.3, 0.4) is 0 Å². The molecule has 1 aliphatic heterocycles. The second-order valence-corrected chi connectivity index (χ2v) is 5.60. The number of aliphatic hydroxyl groups is 1. The van der Waals surface area contributed by atoms with E-state index in [-0.39, 0.29) is 18.6 Å². The molecule has 1 aromatic heterocycles. The molecule has 0 saturated carbocycles. The molecule has 6 nitrogen and oxygen atoms in total. The van der Waals surface area contributed by atoms with Gasteiger partial charge in [-0.25, -0.2) is 9.78 Å². The Hall–Kier alpha value is -2.08. The Kier molecular flexibility index (Phi) is 3.79. The van der Waals surface area contributed by atoms with Crippen molar-refractivity contribution in [1.29, 1.82) is 0 Å². The number of H-pyrrole nitrogens is 1. The average Bonchev–Trinajstić information content (AvgIpc) is 3.12. The molecular weight excluding hydrogens is 268 g/mol. The zero-order valence-electron chi connectivity index (χ0n) is 12.1. The molecule has 112 valence electrons. The summed E-state index contributed by atoms with van der Waals surface area (Å²) in [6, 6.07) is 5.89. The summed E-state index contributed by atoms with van der Waals surface area (Å²) < 4.78 is 0. The Morgan fingerprint density at radius 2 is 2.43 bits per heavy atom. The monoisotopic (exact) mass is 288 g/mol. The zero-order valence-corrected chi connectivity index (χ0v) is 12.1. The number of urea groups is 1. The van der Waals surface area contributed by atoms with Crippen LogP contribution in [0.5, 0.6) is 0 Å². The maximum absolute atomic E-state index is 12.1. The summed E-state index contributed by atoms with van der Waals surface area (Å²) in [6.07, 6.45) is 0.869. The van der Waals surface area contributed by atoms with Crippen LogP contribution in [0.25, 0.3) is 11.0 Å². The molecular formula is C15H20N4O2. The molecule has 0 spiro atoms. The lowest BCUT2D eigenvalue weighted by molar-refractivity contribution is 0.198. The summed E-state index contributed by atoms with van der Waals surface area (Å²) in [5.41, 5.74) is 3.05. The smallest absolute Gasteiger partial charge is 0.317 e. The summed E-state index contributed by atoms with van der Waals surface area (Å²) in [6.45, 7) is 3.88. The number of fused-ring (bicyclic) bond motifs is 1. The van der Waals surface area contributed by atoms with E-state index >= 15 is 0 Å². The van der Waals surface area contributed by atoms with Gasteiger partial charge in [0.2, 0.25) is 0 Å². The van der Waals surface area contributed by atoms with Crippen LogP contribution in [-0.4, -0.2) is 45.7 Å². The first-order valence-corrected chi connectivity index (χ1v) is 7.25. The number of amides is 2. The van der Waals surface area contributed by atoms with E-state index in [0.717, 1.165) is 28.8 Å². The van der Waals surface area contributed by atoms with Gasteiger partial charge in [-0.3, -0.25) is 0 Å². The first-order chi connectivity index (χ1) is 10.2. The van der Waals surface area contributed by atoms with Crippen molar-refractivity contribution >= 4 is 17.1 Å². The summed E-state index contributed by atoms with van der Waals surface area (Å²) in [7, 11) is 0. The predicted octanol–water partition coefficient (Wildman–Crippen LogP) is 1.40. The number of aryl methyl sites for hydroxylation is 1. The molecule has 2 aromatic rings. The van der Waals surface area contributed by atoms with E-state index in [1.165, 1.54) is 0 Å². The molecule has 6 heteroatoms. The van der Waals surface area contributed by atoms with Gasteiger partial charge < -0.3 is 20.3 Å². The van der Waals surface area contributed by atoms with Crippen LogP contribution >= 0.6 is 0 Å². The van der Waals surface area contributed by atoms with Gasteiger partial charge in [0, 0.05) is 25.6 Å². The number of para-hydroxylation sites is 1. The van der Waals surface area contributed by atoms with Gasteiger partial charge in [0.15, 0.2) is 0 Å². The largest absolute Gasteiger partial charge is 0.396 e. The van der Waals surface area contributed by atoms with Crippen LogP contribution in [0.4, 0.5) is 4.79 Å². The van der Waals surface area contributed by atoms with Crippen molar-refractivity contribution in [2.45, 2.75) is 19.9 Å². The highest BCUT2D eigenvalue weighted by molar-refractivity contribution is 5.79. The number of likely N-dealkylation sites (tertiary alicyclic amines) is 1.